The zero-order chi connectivity index (χ0) is 21.4. The highest BCUT2D eigenvalue weighted by Gasteiger charge is 2.36. The Bertz CT molecular complexity index is 894. The summed E-state index contributed by atoms with van der Waals surface area (Å²) in [5.41, 5.74) is 5.49. The minimum atomic E-state index is -1.39. The number of methoxy groups -OCH3 is 1. The van der Waals surface area contributed by atoms with Crippen LogP contribution in [0.3, 0.4) is 0 Å². The van der Waals surface area contributed by atoms with Crippen LogP contribution in [0.15, 0.2) is 60.7 Å². The maximum atomic E-state index is 12.5. The van der Waals surface area contributed by atoms with E-state index < -0.39 is 29.3 Å². The molecule has 0 aromatic heterocycles. The van der Waals surface area contributed by atoms with E-state index in [-0.39, 0.29) is 0 Å². The molecule has 0 unspecified atom stereocenters. The SMILES string of the molecule is COc1ccc(/C=C/C(=O)N[C@H](C)C(=O)N[C@](C)(C(N)=O)c2ccccc2)cc1. The number of carbonyl (C=O) groups excluding carboxylic acids is 3. The van der Waals surface area contributed by atoms with Crippen LogP contribution in [-0.2, 0) is 19.9 Å². The van der Waals surface area contributed by atoms with Crippen LogP contribution in [0.2, 0.25) is 0 Å². The van der Waals surface area contributed by atoms with Crippen molar-refractivity contribution in [1.29, 1.82) is 0 Å². The average Bonchev–Trinajstić information content (AvgIpc) is 2.72. The predicted octanol–water partition coefficient (Wildman–Crippen LogP) is 1.73. The third-order valence-corrected chi connectivity index (χ3v) is 4.51. The molecule has 0 radical (unpaired) electrons. The summed E-state index contributed by atoms with van der Waals surface area (Å²) in [7, 11) is 1.58. The Hall–Kier alpha value is -3.61. The maximum Gasteiger partial charge on any atom is 0.247 e. The van der Waals surface area contributed by atoms with Crippen LogP contribution in [-0.4, -0.2) is 30.9 Å². The molecule has 2 aromatic carbocycles. The van der Waals surface area contributed by atoms with Crippen molar-refractivity contribution in [1.82, 2.24) is 10.6 Å². The van der Waals surface area contributed by atoms with Gasteiger partial charge in [-0.05, 0) is 43.2 Å². The van der Waals surface area contributed by atoms with E-state index in [2.05, 4.69) is 10.6 Å². The van der Waals surface area contributed by atoms with Crippen molar-refractivity contribution in [2.45, 2.75) is 25.4 Å². The van der Waals surface area contributed by atoms with E-state index in [1.54, 1.807) is 67.8 Å². The van der Waals surface area contributed by atoms with Crippen molar-refractivity contribution in [3.63, 3.8) is 0 Å². The highest BCUT2D eigenvalue weighted by atomic mass is 16.5. The van der Waals surface area contributed by atoms with Gasteiger partial charge in [-0.1, -0.05) is 42.5 Å². The molecule has 0 aliphatic rings. The lowest BCUT2D eigenvalue weighted by Gasteiger charge is -2.29. The number of nitrogens with one attached hydrogen (secondary N) is 2. The van der Waals surface area contributed by atoms with Crippen LogP contribution in [0.1, 0.15) is 25.0 Å². The molecule has 2 aromatic rings. The first-order valence-corrected chi connectivity index (χ1v) is 9.06. The minimum absolute atomic E-state index is 0.441. The Morgan fingerprint density at radius 1 is 1.07 bits per heavy atom. The van der Waals surface area contributed by atoms with E-state index >= 15 is 0 Å². The molecule has 2 rings (SSSR count). The van der Waals surface area contributed by atoms with Crippen LogP contribution in [0, 0.1) is 0 Å². The Morgan fingerprint density at radius 2 is 1.69 bits per heavy atom. The second kappa shape index (κ2) is 9.54. The van der Waals surface area contributed by atoms with Gasteiger partial charge in [-0.2, -0.15) is 0 Å². The first-order valence-electron chi connectivity index (χ1n) is 9.06. The van der Waals surface area contributed by atoms with E-state index in [4.69, 9.17) is 10.5 Å². The van der Waals surface area contributed by atoms with Gasteiger partial charge in [-0.15, -0.1) is 0 Å². The first kappa shape index (κ1) is 21.7. The summed E-state index contributed by atoms with van der Waals surface area (Å²) in [6, 6.07) is 15.0. The van der Waals surface area contributed by atoms with Crippen molar-refractivity contribution in [3.05, 3.63) is 71.8 Å². The van der Waals surface area contributed by atoms with E-state index in [0.29, 0.717) is 11.3 Å². The summed E-state index contributed by atoms with van der Waals surface area (Å²) in [6.07, 6.45) is 2.95. The van der Waals surface area contributed by atoms with Crippen LogP contribution in [0.25, 0.3) is 6.08 Å². The standard InChI is InChI=1S/C22H25N3O4/c1-15(24-19(26)14-11-16-9-12-18(29-3)13-10-16)20(27)25-22(2,21(23)28)17-7-5-4-6-8-17/h4-15H,1-3H3,(H2,23,28)(H,24,26)(H,25,27)/b14-11+/t15-,22+/m1/s1. The van der Waals surface area contributed by atoms with Gasteiger partial charge in [0.2, 0.25) is 17.7 Å². The zero-order valence-corrected chi connectivity index (χ0v) is 16.6. The second-order valence-electron chi connectivity index (χ2n) is 6.68. The number of amides is 3. The molecule has 0 heterocycles. The molecule has 3 amide bonds. The Kier molecular flexibility index (Phi) is 7.14. The molecule has 0 aliphatic heterocycles. The van der Waals surface area contributed by atoms with Crippen LogP contribution < -0.4 is 21.1 Å². The van der Waals surface area contributed by atoms with Crippen molar-refractivity contribution in [2.24, 2.45) is 5.73 Å². The third kappa shape index (κ3) is 5.68. The quantitative estimate of drug-likeness (QED) is 0.591. The van der Waals surface area contributed by atoms with Gasteiger partial charge in [0.15, 0.2) is 0 Å². The zero-order valence-electron chi connectivity index (χ0n) is 16.6. The number of carbonyl (C=O) groups is 3. The lowest BCUT2D eigenvalue weighted by molar-refractivity contribution is -0.133. The number of hydrogen-bond acceptors (Lipinski definition) is 4. The summed E-state index contributed by atoms with van der Waals surface area (Å²) in [6.45, 7) is 3.06. The number of rotatable bonds is 8. The molecular weight excluding hydrogens is 370 g/mol. The first-order chi connectivity index (χ1) is 13.8. The summed E-state index contributed by atoms with van der Waals surface area (Å²) < 4.78 is 5.08. The van der Waals surface area contributed by atoms with Crippen LogP contribution in [0.5, 0.6) is 5.75 Å². The van der Waals surface area contributed by atoms with Gasteiger partial charge in [0, 0.05) is 6.08 Å². The molecule has 0 spiro atoms. The molecule has 7 nitrogen and oxygen atoms in total. The van der Waals surface area contributed by atoms with Gasteiger partial charge in [-0.25, -0.2) is 0 Å². The van der Waals surface area contributed by atoms with Gasteiger partial charge in [0.05, 0.1) is 7.11 Å². The number of hydrogen-bond donors (Lipinski definition) is 3. The molecule has 4 N–H and O–H groups in total. The molecular formula is C22H25N3O4. The van der Waals surface area contributed by atoms with Gasteiger partial charge in [0.1, 0.15) is 17.3 Å². The van der Waals surface area contributed by atoms with Gasteiger partial charge in [0.25, 0.3) is 0 Å². The van der Waals surface area contributed by atoms with Crippen molar-refractivity contribution < 1.29 is 19.1 Å². The summed E-state index contributed by atoms with van der Waals surface area (Å²) in [5, 5.41) is 5.21. The molecule has 0 saturated carbocycles. The highest BCUT2D eigenvalue weighted by molar-refractivity contribution is 5.97. The minimum Gasteiger partial charge on any atom is -0.497 e. The van der Waals surface area contributed by atoms with E-state index in [1.165, 1.54) is 19.9 Å². The normalized spacial score (nSPS) is 13.9. The van der Waals surface area contributed by atoms with Crippen molar-refractivity contribution >= 4 is 23.8 Å². The topological polar surface area (TPSA) is 111 Å². The average molecular weight is 395 g/mol. The highest BCUT2D eigenvalue weighted by Crippen LogP contribution is 2.20. The monoisotopic (exact) mass is 395 g/mol. The smallest absolute Gasteiger partial charge is 0.247 e. The summed E-state index contributed by atoms with van der Waals surface area (Å²) in [5.74, 6) is -0.951. The predicted molar refractivity (Wildman–Crippen MR) is 111 cm³/mol. The van der Waals surface area contributed by atoms with E-state index in [9.17, 15) is 14.4 Å². The molecule has 7 heteroatoms. The van der Waals surface area contributed by atoms with Gasteiger partial charge >= 0.3 is 0 Å². The third-order valence-electron chi connectivity index (χ3n) is 4.51. The number of ether oxygens (including phenoxy) is 1. The fraction of sp³-hybridized carbons (Fsp3) is 0.227. The molecule has 0 bridgehead atoms. The Balaban J connectivity index is 2.00. The number of benzene rings is 2. The molecule has 152 valence electrons. The largest absolute Gasteiger partial charge is 0.497 e. The number of nitrogens with two attached hydrogens (primary N) is 1. The molecule has 0 saturated heterocycles. The fourth-order valence-corrected chi connectivity index (χ4v) is 2.62. The molecule has 0 fully saturated rings. The summed E-state index contributed by atoms with van der Waals surface area (Å²) >= 11 is 0. The lowest BCUT2D eigenvalue weighted by atomic mass is 9.91. The molecule has 29 heavy (non-hydrogen) atoms. The maximum absolute atomic E-state index is 12.5. The molecule has 2 atom stereocenters. The van der Waals surface area contributed by atoms with Crippen LogP contribution in [0.4, 0.5) is 0 Å². The van der Waals surface area contributed by atoms with Gasteiger partial charge < -0.3 is 21.1 Å². The fourth-order valence-electron chi connectivity index (χ4n) is 2.62. The van der Waals surface area contributed by atoms with E-state index in [0.717, 1.165) is 5.56 Å². The molecule has 0 aliphatic carbocycles. The number of primary amides is 1. The Morgan fingerprint density at radius 3 is 2.24 bits per heavy atom. The van der Waals surface area contributed by atoms with E-state index in [1.807, 2.05) is 0 Å². The van der Waals surface area contributed by atoms with Crippen molar-refractivity contribution in [3.8, 4) is 5.75 Å². The second-order valence-corrected chi connectivity index (χ2v) is 6.68. The van der Waals surface area contributed by atoms with Gasteiger partial charge in [-0.3, -0.25) is 14.4 Å². The van der Waals surface area contributed by atoms with Crippen molar-refractivity contribution in [2.75, 3.05) is 7.11 Å². The Labute approximate surface area is 169 Å². The summed E-state index contributed by atoms with van der Waals surface area (Å²) in [4.78, 5) is 36.7. The van der Waals surface area contributed by atoms with Crippen LogP contribution >= 0.6 is 0 Å². The lowest BCUT2D eigenvalue weighted by Crippen LogP contribution is -2.57.